The Bertz CT molecular complexity index is 649. The van der Waals surface area contributed by atoms with E-state index in [0.717, 1.165) is 0 Å². The van der Waals surface area contributed by atoms with E-state index in [9.17, 15) is 9.59 Å². The number of nitrogen functional groups attached to an aromatic ring is 1. The number of amides is 3. The zero-order valence-corrected chi connectivity index (χ0v) is 9.33. The van der Waals surface area contributed by atoms with Gasteiger partial charge in [-0.15, -0.1) is 10.2 Å². The summed E-state index contributed by atoms with van der Waals surface area (Å²) in [5.74, 6) is 0.0619. The Kier molecular flexibility index (Phi) is 2.15. The van der Waals surface area contributed by atoms with Crippen LogP contribution >= 0.6 is 0 Å². The Balaban J connectivity index is 2.07. The van der Waals surface area contributed by atoms with Gasteiger partial charge < -0.3 is 5.73 Å². The van der Waals surface area contributed by atoms with Crippen LogP contribution < -0.4 is 16.0 Å². The molecule has 3 rings (SSSR count). The zero-order valence-electron chi connectivity index (χ0n) is 9.33. The van der Waals surface area contributed by atoms with Crippen LogP contribution in [0.1, 0.15) is 6.42 Å². The van der Waals surface area contributed by atoms with Crippen LogP contribution in [0.3, 0.4) is 0 Å². The van der Waals surface area contributed by atoms with E-state index in [4.69, 9.17) is 5.73 Å². The number of hydrogen-bond acceptors (Lipinski definition) is 5. The Morgan fingerprint density at radius 3 is 2.94 bits per heavy atom. The van der Waals surface area contributed by atoms with Gasteiger partial charge in [-0.2, -0.15) is 0 Å². The van der Waals surface area contributed by atoms with E-state index in [2.05, 4.69) is 15.5 Å². The van der Waals surface area contributed by atoms with Gasteiger partial charge in [-0.25, -0.2) is 4.79 Å². The predicted molar refractivity (Wildman–Crippen MR) is 62.9 cm³/mol. The molecule has 1 aliphatic heterocycles. The highest BCUT2D eigenvalue weighted by molar-refractivity contribution is 6.04. The molecule has 3 N–H and O–H groups in total. The second-order valence-electron chi connectivity index (χ2n) is 3.91. The SMILES string of the molecule is Nc1cccn2c(N3CCC(=O)NC3=O)nnc12. The van der Waals surface area contributed by atoms with Gasteiger partial charge in [0.1, 0.15) is 0 Å². The average Bonchev–Trinajstić information content (AvgIpc) is 2.74. The van der Waals surface area contributed by atoms with Gasteiger partial charge in [0.2, 0.25) is 11.9 Å². The second kappa shape index (κ2) is 3.69. The Morgan fingerprint density at radius 1 is 1.33 bits per heavy atom. The topological polar surface area (TPSA) is 106 Å². The number of aromatic nitrogens is 3. The minimum absolute atomic E-state index is 0.239. The van der Waals surface area contributed by atoms with E-state index in [1.54, 1.807) is 22.7 Å². The van der Waals surface area contributed by atoms with Gasteiger partial charge in [0.15, 0.2) is 5.65 Å². The van der Waals surface area contributed by atoms with Crippen LogP contribution in [0, 0.1) is 0 Å². The molecule has 0 bridgehead atoms. The molecule has 0 aliphatic carbocycles. The van der Waals surface area contributed by atoms with Crippen LogP contribution in [0.4, 0.5) is 16.4 Å². The summed E-state index contributed by atoms with van der Waals surface area (Å²) in [6.45, 7) is 0.278. The van der Waals surface area contributed by atoms with Gasteiger partial charge in [0, 0.05) is 19.2 Å². The molecule has 0 atom stereocenters. The number of fused-ring (bicyclic) bond motifs is 1. The maximum absolute atomic E-state index is 11.7. The van der Waals surface area contributed by atoms with Gasteiger partial charge in [-0.1, -0.05) is 0 Å². The van der Waals surface area contributed by atoms with Crippen molar-refractivity contribution in [1.82, 2.24) is 19.9 Å². The summed E-state index contributed by atoms with van der Waals surface area (Å²) in [6.07, 6.45) is 1.95. The summed E-state index contributed by atoms with van der Waals surface area (Å²) in [5, 5.41) is 10.1. The fraction of sp³-hybridized carbons (Fsp3) is 0.200. The first-order chi connectivity index (χ1) is 8.66. The maximum Gasteiger partial charge on any atom is 0.330 e. The first kappa shape index (κ1) is 10.5. The van der Waals surface area contributed by atoms with Crippen LogP contribution in [-0.2, 0) is 4.79 Å². The maximum atomic E-state index is 11.7. The molecule has 0 unspecified atom stereocenters. The van der Waals surface area contributed by atoms with Crippen molar-refractivity contribution < 1.29 is 9.59 Å². The monoisotopic (exact) mass is 246 g/mol. The first-order valence-corrected chi connectivity index (χ1v) is 5.37. The molecule has 2 aromatic rings. The Labute approximate surface area is 101 Å². The van der Waals surface area contributed by atoms with Crippen molar-refractivity contribution in [1.29, 1.82) is 0 Å². The molecular weight excluding hydrogens is 236 g/mol. The third-order valence-corrected chi connectivity index (χ3v) is 2.74. The predicted octanol–water partition coefficient (Wildman–Crippen LogP) is -0.242. The second-order valence-corrected chi connectivity index (χ2v) is 3.91. The van der Waals surface area contributed by atoms with Crippen molar-refractivity contribution in [3.63, 3.8) is 0 Å². The standard InChI is InChI=1S/C10H10N6O2/c11-6-2-1-4-15-8(6)13-14-9(15)16-5-3-7(17)12-10(16)18/h1-2,4H,3,5,11H2,(H,12,17,18). The molecule has 3 amide bonds. The summed E-state index contributed by atoms with van der Waals surface area (Å²) in [4.78, 5) is 24.2. The van der Waals surface area contributed by atoms with Crippen molar-refractivity contribution in [2.24, 2.45) is 0 Å². The molecule has 92 valence electrons. The number of carbonyl (C=O) groups is 2. The number of pyridine rings is 1. The summed E-state index contributed by atoms with van der Waals surface area (Å²) >= 11 is 0. The third kappa shape index (κ3) is 1.46. The zero-order chi connectivity index (χ0) is 12.7. The molecule has 1 saturated heterocycles. The van der Waals surface area contributed by atoms with E-state index >= 15 is 0 Å². The lowest BCUT2D eigenvalue weighted by Crippen LogP contribution is -2.50. The largest absolute Gasteiger partial charge is 0.396 e. The van der Waals surface area contributed by atoms with Gasteiger partial charge in [0.05, 0.1) is 5.69 Å². The smallest absolute Gasteiger partial charge is 0.330 e. The van der Waals surface area contributed by atoms with E-state index in [1.165, 1.54) is 4.90 Å². The summed E-state index contributed by atoms with van der Waals surface area (Å²) in [6, 6.07) is 2.94. The van der Waals surface area contributed by atoms with Crippen molar-refractivity contribution >= 4 is 29.2 Å². The number of nitrogens with one attached hydrogen (secondary N) is 1. The van der Waals surface area contributed by atoms with Crippen LogP contribution in [0.15, 0.2) is 18.3 Å². The molecule has 0 radical (unpaired) electrons. The highest BCUT2D eigenvalue weighted by Crippen LogP contribution is 2.19. The van der Waals surface area contributed by atoms with Crippen molar-refractivity contribution in [2.75, 3.05) is 17.2 Å². The molecule has 2 aromatic heterocycles. The number of nitrogens with two attached hydrogens (primary N) is 1. The summed E-state index contributed by atoms with van der Waals surface area (Å²) in [7, 11) is 0. The molecule has 0 spiro atoms. The molecule has 3 heterocycles. The van der Waals surface area contributed by atoms with Crippen LogP contribution in [-0.4, -0.2) is 33.1 Å². The van der Waals surface area contributed by atoms with Crippen molar-refractivity contribution in [2.45, 2.75) is 6.42 Å². The molecule has 1 aliphatic rings. The lowest BCUT2D eigenvalue weighted by molar-refractivity contribution is -0.120. The number of nitrogens with zero attached hydrogens (tertiary/aromatic N) is 4. The van der Waals surface area contributed by atoms with E-state index in [-0.39, 0.29) is 18.9 Å². The molecule has 0 aromatic carbocycles. The number of carbonyl (C=O) groups excluding carboxylic acids is 2. The number of urea groups is 1. The van der Waals surface area contributed by atoms with E-state index in [1.807, 2.05) is 0 Å². The molecule has 18 heavy (non-hydrogen) atoms. The van der Waals surface area contributed by atoms with Gasteiger partial charge in [-0.05, 0) is 12.1 Å². The van der Waals surface area contributed by atoms with E-state index < -0.39 is 6.03 Å². The number of anilines is 2. The number of hydrogen-bond donors (Lipinski definition) is 2. The number of rotatable bonds is 1. The lowest BCUT2D eigenvalue weighted by Gasteiger charge is -2.24. The molecular formula is C10H10N6O2. The fourth-order valence-electron chi connectivity index (χ4n) is 1.86. The normalized spacial score (nSPS) is 16.1. The van der Waals surface area contributed by atoms with Gasteiger partial charge in [-0.3, -0.25) is 19.4 Å². The van der Waals surface area contributed by atoms with Crippen LogP contribution in [0.5, 0.6) is 0 Å². The Morgan fingerprint density at radius 2 is 2.17 bits per heavy atom. The summed E-state index contributed by atoms with van der Waals surface area (Å²) in [5.41, 5.74) is 6.72. The lowest BCUT2D eigenvalue weighted by atomic mass is 10.3. The molecule has 8 heteroatoms. The van der Waals surface area contributed by atoms with Crippen LogP contribution in [0.25, 0.3) is 5.65 Å². The molecule has 0 saturated carbocycles. The third-order valence-electron chi connectivity index (χ3n) is 2.74. The van der Waals surface area contributed by atoms with Crippen LogP contribution in [0.2, 0.25) is 0 Å². The average molecular weight is 246 g/mol. The fourth-order valence-corrected chi connectivity index (χ4v) is 1.86. The minimum atomic E-state index is -0.497. The van der Waals surface area contributed by atoms with Crippen molar-refractivity contribution in [3.8, 4) is 0 Å². The summed E-state index contributed by atoms with van der Waals surface area (Å²) < 4.78 is 1.62. The van der Waals surface area contributed by atoms with Crippen molar-refractivity contribution in [3.05, 3.63) is 18.3 Å². The first-order valence-electron chi connectivity index (χ1n) is 5.37. The van der Waals surface area contributed by atoms with Gasteiger partial charge >= 0.3 is 6.03 Å². The number of imide groups is 1. The van der Waals surface area contributed by atoms with E-state index in [0.29, 0.717) is 17.3 Å². The van der Waals surface area contributed by atoms with Gasteiger partial charge in [0.25, 0.3) is 0 Å². The minimum Gasteiger partial charge on any atom is -0.396 e. The Hall–Kier alpha value is -2.64. The molecule has 8 nitrogen and oxygen atoms in total. The highest BCUT2D eigenvalue weighted by Gasteiger charge is 2.27. The quantitative estimate of drug-likeness (QED) is 0.722. The molecule has 1 fully saturated rings. The highest BCUT2D eigenvalue weighted by atomic mass is 16.2.